The minimum Gasteiger partial charge on any atom is -1.00 e. The Balaban J connectivity index is 0.00000169. The van der Waals surface area contributed by atoms with Crippen LogP contribution in [0.15, 0.2) is 42.5 Å². The van der Waals surface area contributed by atoms with E-state index in [1.54, 1.807) is 0 Å². The van der Waals surface area contributed by atoms with Crippen LogP contribution >= 0.6 is 0 Å². The van der Waals surface area contributed by atoms with Gasteiger partial charge in [-0.3, -0.25) is 0 Å². The van der Waals surface area contributed by atoms with E-state index in [2.05, 4.69) is 29.0 Å². The number of hydrogen-bond donors (Lipinski definition) is 1. The zero-order valence-electron chi connectivity index (χ0n) is 13.1. The lowest BCUT2D eigenvalue weighted by Crippen LogP contribution is -3.00. The van der Waals surface area contributed by atoms with Crippen LogP contribution in [0.1, 0.15) is 23.9 Å². The average Bonchev–Trinajstić information content (AvgIpc) is 3.14. The smallest absolute Gasteiger partial charge is 0.149 e. The topological polar surface area (TPSA) is 61.7 Å². The molecule has 1 atom stereocenters. The van der Waals surface area contributed by atoms with Crippen molar-refractivity contribution in [3.63, 3.8) is 0 Å². The Morgan fingerprint density at radius 3 is 2.96 bits per heavy atom. The number of halogens is 1. The number of H-pyrrole nitrogens is 1. The van der Waals surface area contributed by atoms with Crippen molar-refractivity contribution in [3.05, 3.63) is 59.4 Å². The lowest BCUT2D eigenvalue weighted by Gasteiger charge is -2.02. The molecule has 1 aliphatic heterocycles. The molecule has 2 aromatic carbocycles. The van der Waals surface area contributed by atoms with Gasteiger partial charge in [-0.05, 0) is 48.4 Å². The molecule has 0 radical (unpaired) electrons. The highest BCUT2D eigenvalue weighted by Gasteiger charge is 2.18. The van der Waals surface area contributed by atoms with Gasteiger partial charge in [0.1, 0.15) is 23.7 Å². The normalized spacial score (nSPS) is 16.2. The number of allylic oxidation sites excluding steroid dienone is 1. The van der Waals surface area contributed by atoms with Crippen LogP contribution in [0.2, 0.25) is 0 Å². The van der Waals surface area contributed by atoms with Crippen molar-refractivity contribution in [1.29, 1.82) is 5.26 Å². The molecule has 4 nitrogen and oxygen atoms in total. The van der Waals surface area contributed by atoms with Crippen molar-refractivity contribution >= 4 is 22.7 Å². The Morgan fingerprint density at radius 1 is 1.33 bits per heavy atom. The number of nitrogens with one attached hydrogen (secondary N) is 1. The lowest BCUT2D eigenvalue weighted by molar-refractivity contribution is -0.00000591. The maximum absolute atomic E-state index is 9.50. The van der Waals surface area contributed by atoms with Gasteiger partial charge < -0.3 is 22.1 Å². The molecular weight excluding hydrogens is 322 g/mol. The van der Waals surface area contributed by atoms with Gasteiger partial charge in [-0.1, -0.05) is 18.2 Å². The highest BCUT2D eigenvalue weighted by molar-refractivity contribution is 5.90. The molecule has 0 saturated carbocycles. The quantitative estimate of drug-likeness (QED) is 0.709. The largest absolute Gasteiger partial charge is 1.00 e. The van der Waals surface area contributed by atoms with E-state index in [1.807, 2.05) is 42.5 Å². The van der Waals surface area contributed by atoms with Crippen molar-refractivity contribution in [2.24, 2.45) is 0 Å². The molecule has 1 aliphatic rings. The Morgan fingerprint density at radius 2 is 2.17 bits per heavy atom. The molecule has 0 amide bonds. The zero-order chi connectivity index (χ0) is 15.8. The Bertz CT molecular complexity index is 935. The van der Waals surface area contributed by atoms with E-state index < -0.39 is 0 Å². The van der Waals surface area contributed by atoms with Gasteiger partial charge in [-0.25, -0.2) is 4.98 Å². The zero-order valence-corrected chi connectivity index (χ0v) is 13.8. The lowest BCUT2D eigenvalue weighted by atomic mass is 10.0. The highest BCUT2D eigenvalue weighted by atomic mass is 35.5. The number of fused-ring (bicyclic) bond motifs is 2. The van der Waals surface area contributed by atoms with Gasteiger partial charge >= 0.3 is 0 Å². The summed E-state index contributed by atoms with van der Waals surface area (Å²) in [5, 5.41) is 9.50. The van der Waals surface area contributed by atoms with Crippen LogP contribution in [-0.2, 0) is 6.42 Å². The van der Waals surface area contributed by atoms with Crippen LogP contribution in [0.4, 0.5) is 0 Å². The van der Waals surface area contributed by atoms with Crippen LogP contribution in [0.5, 0.6) is 5.75 Å². The summed E-state index contributed by atoms with van der Waals surface area (Å²) in [5.74, 6) is 1.54. The molecule has 24 heavy (non-hydrogen) atoms. The molecule has 0 saturated heterocycles. The van der Waals surface area contributed by atoms with Crippen LogP contribution in [-0.4, -0.2) is 16.1 Å². The van der Waals surface area contributed by atoms with Crippen LogP contribution in [0, 0.1) is 11.3 Å². The van der Waals surface area contributed by atoms with E-state index in [-0.39, 0.29) is 18.5 Å². The molecule has 1 unspecified atom stereocenters. The van der Waals surface area contributed by atoms with E-state index in [4.69, 9.17) is 4.74 Å². The Hall–Kier alpha value is -2.77. The first-order valence-corrected chi connectivity index (χ1v) is 7.59. The summed E-state index contributed by atoms with van der Waals surface area (Å²) >= 11 is 0. The molecule has 1 aromatic heterocycles. The minimum absolute atomic E-state index is 0. The predicted octanol–water partition coefficient (Wildman–Crippen LogP) is 0.954. The predicted molar refractivity (Wildman–Crippen MR) is 89.8 cm³/mol. The highest BCUT2D eigenvalue weighted by Crippen LogP contribution is 2.30. The maximum Gasteiger partial charge on any atom is 0.149 e. The van der Waals surface area contributed by atoms with Gasteiger partial charge in [-0.15, -0.1) is 0 Å². The van der Waals surface area contributed by atoms with Gasteiger partial charge in [0.25, 0.3) is 0 Å². The molecule has 5 heteroatoms. The molecule has 120 valence electrons. The van der Waals surface area contributed by atoms with Crippen LogP contribution in [0.3, 0.4) is 0 Å². The molecule has 4 rings (SSSR count). The number of aromatic nitrogens is 2. The third-order valence-electron chi connectivity index (χ3n) is 4.00. The summed E-state index contributed by atoms with van der Waals surface area (Å²) in [6.45, 7) is 2.06. The first kappa shape index (κ1) is 16.1. The fourth-order valence-electron chi connectivity index (χ4n) is 2.93. The number of para-hydroxylation sites is 2. The third kappa shape index (κ3) is 2.86. The second-order valence-corrected chi connectivity index (χ2v) is 5.77. The summed E-state index contributed by atoms with van der Waals surface area (Å²) in [4.78, 5) is 7.69. The van der Waals surface area contributed by atoms with Gasteiger partial charge in [0.05, 0.1) is 16.6 Å². The van der Waals surface area contributed by atoms with E-state index in [9.17, 15) is 5.26 Å². The second kappa shape index (κ2) is 6.38. The molecule has 1 N–H and O–H groups in total. The molecule has 3 aromatic rings. The van der Waals surface area contributed by atoms with Crippen molar-refractivity contribution in [1.82, 2.24) is 9.97 Å². The summed E-state index contributed by atoms with van der Waals surface area (Å²) in [5.41, 5.74) is 4.49. The summed E-state index contributed by atoms with van der Waals surface area (Å²) < 4.78 is 5.71. The minimum atomic E-state index is 0. The van der Waals surface area contributed by atoms with Crippen molar-refractivity contribution in [2.75, 3.05) is 0 Å². The van der Waals surface area contributed by atoms with Crippen molar-refractivity contribution < 1.29 is 17.1 Å². The number of nitriles is 1. The van der Waals surface area contributed by atoms with Gasteiger partial charge in [-0.2, -0.15) is 5.26 Å². The van der Waals surface area contributed by atoms with Crippen LogP contribution < -0.4 is 17.1 Å². The summed E-state index contributed by atoms with van der Waals surface area (Å²) in [6, 6.07) is 16.0. The maximum atomic E-state index is 9.50. The van der Waals surface area contributed by atoms with Crippen LogP contribution in [0.25, 0.3) is 22.7 Å². The van der Waals surface area contributed by atoms with Gasteiger partial charge in [0.15, 0.2) is 0 Å². The molecule has 0 aliphatic carbocycles. The second-order valence-electron chi connectivity index (χ2n) is 5.77. The number of ether oxygens (including phenoxy) is 1. The Labute approximate surface area is 146 Å². The molecule has 0 fully saturated rings. The number of nitrogens with zero attached hydrogens (tertiary/aromatic N) is 2. The van der Waals surface area contributed by atoms with E-state index in [0.29, 0.717) is 11.4 Å². The van der Waals surface area contributed by atoms with E-state index >= 15 is 0 Å². The first-order valence-electron chi connectivity index (χ1n) is 7.59. The fraction of sp³-hybridized carbons (Fsp3) is 0.158. The molecule has 0 spiro atoms. The standard InChI is InChI=1S/C19H15N3O.ClH/c1-12-8-14-9-13(6-7-18(14)23-12)10-15(11-20)19-21-16-4-2-3-5-17(16)22-19;/h2-7,9-10,12H,8H2,1H3,(H,21,22);1H/p-1/b15-10-;. The number of rotatable bonds is 2. The van der Waals surface area contributed by atoms with Crippen molar-refractivity contribution in [3.8, 4) is 11.8 Å². The number of hydrogen-bond acceptors (Lipinski definition) is 3. The molecule has 0 bridgehead atoms. The van der Waals surface area contributed by atoms with Gasteiger partial charge in [0, 0.05) is 6.42 Å². The fourth-order valence-corrected chi connectivity index (χ4v) is 2.93. The average molecular weight is 337 g/mol. The SMILES string of the molecule is CC1Cc2cc(/C=C(/C#N)c3nc4ccccc4[nH]3)ccc2O1.[Cl-]. The van der Waals surface area contributed by atoms with E-state index in [1.165, 1.54) is 5.56 Å². The van der Waals surface area contributed by atoms with E-state index in [0.717, 1.165) is 28.8 Å². The van der Waals surface area contributed by atoms with Gasteiger partial charge in [0.2, 0.25) is 0 Å². The number of benzene rings is 2. The molecular formula is C19H15ClN3O-. The Kier molecular flexibility index (Phi) is 4.28. The summed E-state index contributed by atoms with van der Waals surface area (Å²) in [7, 11) is 0. The first-order chi connectivity index (χ1) is 11.2. The molecule has 2 heterocycles. The number of imidazole rings is 1. The third-order valence-corrected chi connectivity index (χ3v) is 4.00. The monoisotopic (exact) mass is 336 g/mol. The summed E-state index contributed by atoms with van der Waals surface area (Å²) in [6.07, 6.45) is 2.99. The number of aromatic amines is 1. The van der Waals surface area contributed by atoms with Crippen molar-refractivity contribution in [2.45, 2.75) is 19.4 Å².